The Kier molecular flexibility index (Phi) is 8.69. The van der Waals surface area contributed by atoms with Gasteiger partial charge in [0, 0.05) is 37.9 Å². The molecule has 1 aromatic carbocycles. The third-order valence-electron chi connectivity index (χ3n) is 5.14. The molecule has 152 valence electrons. The Morgan fingerprint density at radius 3 is 2.57 bits per heavy atom. The molecule has 1 aliphatic rings. The number of aliphatic imine (C=N–C) groups is 1. The van der Waals surface area contributed by atoms with E-state index in [1.807, 2.05) is 24.4 Å². The highest BCUT2D eigenvalue weighted by atomic mass is 127. The van der Waals surface area contributed by atoms with Crippen LogP contribution in [0.25, 0.3) is 0 Å². The number of fused-ring (bicyclic) bond motifs is 1. The fourth-order valence-corrected chi connectivity index (χ4v) is 3.42. The Morgan fingerprint density at radius 2 is 1.86 bits per heavy atom. The van der Waals surface area contributed by atoms with E-state index in [-0.39, 0.29) is 29.5 Å². The van der Waals surface area contributed by atoms with Gasteiger partial charge >= 0.3 is 0 Å². The molecule has 0 saturated carbocycles. The number of nitrogens with one attached hydrogen (secondary N) is 2. The highest BCUT2D eigenvalue weighted by molar-refractivity contribution is 14.0. The molecule has 6 heteroatoms. The van der Waals surface area contributed by atoms with E-state index in [1.54, 1.807) is 0 Å². The molecule has 0 spiro atoms. The minimum Gasteiger partial charge on any atom is -0.357 e. The summed E-state index contributed by atoms with van der Waals surface area (Å²) >= 11 is 0. The molecule has 1 aliphatic heterocycles. The lowest BCUT2D eigenvalue weighted by molar-refractivity contribution is 0.107. The van der Waals surface area contributed by atoms with Crippen molar-refractivity contribution in [3.8, 4) is 0 Å². The predicted molar refractivity (Wildman–Crippen MR) is 127 cm³/mol. The molecule has 0 fully saturated rings. The third-order valence-corrected chi connectivity index (χ3v) is 5.14. The molecule has 3 rings (SSSR count). The van der Waals surface area contributed by atoms with E-state index in [0.29, 0.717) is 6.54 Å². The zero-order valence-corrected chi connectivity index (χ0v) is 19.4. The van der Waals surface area contributed by atoms with E-state index in [1.165, 1.54) is 11.1 Å². The van der Waals surface area contributed by atoms with Gasteiger partial charge < -0.3 is 10.6 Å². The van der Waals surface area contributed by atoms with Crippen molar-refractivity contribution in [2.24, 2.45) is 4.99 Å². The Morgan fingerprint density at radius 1 is 1.11 bits per heavy atom. The molecule has 2 aromatic rings. The number of hydrogen-bond acceptors (Lipinski definition) is 3. The number of rotatable bonds is 6. The van der Waals surface area contributed by atoms with Crippen molar-refractivity contribution in [3.05, 3.63) is 65.5 Å². The standard InChI is InChI=1S/C22H31N5.HI/c1-4-23-21(25-15-20-11-7-8-13-24-20)26-17-22(2,3)27-14-12-18-9-5-6-10-19(18)16-27;/h5-11,13H,4,12,14-17H2,1-3H3,(H2,23,25,26);1H. The Labute approximate surface area is 186 Å². The molecule has 0 radical (unpaired) electrons. The van der Waals surface area contributed by atoms with Crippen LogP contribution >= 0.6 is 24.0 Å². The lowest BCUT2D eigenvalue weighted by Gasteiger charge is -2.42. The first-order valence-electron chi connectivity index (χ1n) is 9.82. The molecule has 0 unspecified atom stereocenters. The number of pyridine rings is 1. The highest BCUT2D eigenvalue weighted by Crippen LogP contribution is 2.24. The molecule has 5 nitrogen and oxygen atoms in total. The number of aromatic nitrogens is 1. The lowest BCUT2D eigenvalue weighted by atomic mass is 9.94. The maximum atomic E-state index is 4.68. The van der Waals surface area contributed by atoms with Gasteiger partial charge in [0.1, 0.15) is 0 Å². The summed E-state index contributed by atoms with van der Waals surface area (Å²) in [6, 6.07) is 14.7. The van der Waals surface area contributed by atoms with Gasteiger partial charge in [-0.3, -0.25) is 9.88 Å². The van der Waals surface area contributed by atoms with Crippen molar-refractivity contribution in [3.63, 3.8) is 0 Å². The summed E-state index contributed by atoms with van der Waals surface area (Å²) in [6.45, 7) is 11.0. The SMILES string of the molecule is CCNC(=NCc1ccccn1)NCC(C)(C)N1CCc2ccccc2C1.I. The summed E-state index contributed by atoms with van der Waals surface area (Å²) in [5.74, 6) is 0.841. The van der Waals surface area contributed by atoms with E-state index in [4.69, 9.17) is 0 Å². The van der Waals surface area contributed by atoms with Gasteiger partial charge in [-0.2, -0.15) is 0 Å². The minimum absolute atomic E-state index is 0. The van der Waals surface area contributed by atoms with Gasteiger partial charge in [0.2, 0.25) is 0 Å². The molecule has 0 amide bonds. The van der Waals surface area contributed by atoms with E-state index in [2.05, 4.69) is 70.5 Å². The molecule has 0 saturated heterocycles. The second-order valence-electron chi connectivity index (χ2n) is 7.62. The van der Waals surface area contributed by atoms with Crippen LogP contribution in [0, 0.1) is 0 Å². The third kappa shape index (κ3) is 6.17. The number of hydrogen-bond donors (Lipinski definition) is 2. The molecule has 0 aliphatic carbocycles. The van der Waals surface area contributed by atoms with Crippen LogP contribution < -0.4 is 10.6 Å². The first-order chi connectivity index (χ1) is 13.1. The van der Waals surface area contributed by atoms with Gasteiger partial charge in [-0.1, -0.05) is 30.3 Å². The zero-order valence-electron chi connectivity index (χ0n) is 17.1. The van der Waals surface area contributed by atoms with Gasteiger partial charge in [0.05, 0.1) is 12.2 Å². The van der Waals surface area contributed by atoms with Crippen LogP contribution in [0.2, 0.25) is 0 Å². The first-order valence-corrected chi connectivity index (χ1v) is 9.82. The van der Waals surface area contributed by atoms with Crippen molar-refractivity contribution < 1.29 is 0 Å². The first kappa shape index (κ1) is 22.6. The van der Waals surface area contributed by atoms with Crippen LogP contribution in [0.5, 0.6) is 0 Å². The molecule has 2 N–H and O–H groups in total. The average Bonchev–Trinajstić information content (AvgIpc) is 2.70. The highest BCUT2D eigenvalue weighted by Gasteiger charge is 2.29. The Bertz CT molecular complexity index is 761. The second-order valence-corrected chi connectivity index (χ2v) is 7.62. The van der Waals surface area contributed by atoms with Gasteiger partial charge in [-0.05, 0) is 50.5 Å². The van der Waals surface area contributed by atoms with Gasteiger partial charge in [0.15, 0.2) is 5.96 Å². The second kappa shape index (κ2) is 10.8. The van der Waals surface area contributed by atoms with Crippen LogP contribution in [-0.2, 0) is 19.5 Å². The van der Waals surface area contributed by atoms with Crippen LogP contribution in [0.3, 0.4) is 0 Å². The van der Waals surface area contributed by atoms with Crippen molar-refractivity contribution in [1.82, 2.24) is 20.5 Å². The maximum Gasteiger partial charge on any atom is 0.191 e. The minimum atomic E-state index is 0. The van der Waals surface area contributed by atoms with Crippen molar-refractivity contribution in [1.29, 1.82) is 0 Å². The molecule has 1 aromatic heterocycles. The lowest BCUT2D eigenvalue weighted by Crippen LogP contribution is -2.54. The average molecular weight is 493 g/mol. The molecule has 0 bridgehead atoms. The summed E-state index contributed by atoms with van der Waals surface area (Å²) in [5.41, 5.74) is 3.95. The van der Waals surface area contributed by atoms with Crippen molar-refractivity contribution >= 4 is 29.9 Å². The summed E-state index contributed by atoms with van der Waals surface area (Å²) < 4.78 is 0. The Hall–Kier alpha value is -1.67. The number of benzene rings is 1. The smallest absolute Gasteiger partial charge is 0.191 e. The molecular weight excluding hydrogens is 461 g/mol. The monoisotopic (exact) mass is 493 g/mol. The molecular formula is C22H32IN5. The zero-order chi connectivity index (χ0) is 19.1. The summed E-state index contributed by atoms with van der Waals surface area (Å²) in [5, 5.41) is 6.86. The van der Waals surface area contributed by atoms with Crippen LogP contribution in [0.4, 0.5) is 0 Å². The van der Waals surface area contributed by atoms with Crippen LogP contribution in [-0.4, -0.2) is 41.0 Å². The predicted octanol–water partition coefficient (Wildman–Crippen LogP) is 3.59. The topological polar surface area (TPSA) is 52.6 Å². The normalized spacial score (nSPS) is 14.8. The maximum absolute atomic E-state index is 4.68. The fraction of sp³-hybridized carbons (Fsp3) is 0.455. The van der Waals surface area contributed by atoms with E-state index >= 15 is 0 Å². The van der Waals surface area contributed by atoms with Gasteiger partial charge in [-0.25, -0.2) is 4.99 Å². The van der Waals surface area contributed by atoms with E-state index < -0.39 is 0 Å². The van der Waals surface area contributed by atoms with Crippen LogP contribution in [0.15, 0.2) is 53.7 Å². The number of guanidine groups is 1. The molecule has 2 heterocycles. The molecule has 0 atom stereocenters. The largest absolute Gasteiger partial charge is 0.357 e. The van der Waals surface area contributed by atoms with E-state index in [9.17, 15) is 0 Å². The van der Waals surface area contributed by atoms with E-state index in [0.717, 1.165) is 44.3 Å². The van der Waals surface area contributed by atoms with Crippen molar-refractivity contribution in [2.45, 2.75) is 45.8 Å². The van der Waals surface area contributed by atoms with Crippen molar-refractivity contribution in [2.75, 3.05) is 19.6 Å². The summed E-state index contributed by atoms with van der Waals surface area (Å²) in [4.78, 5) is 11.6. The number of nitrogens with zero attached hydrogens (tertiary/aromatic N) is 3. The number of halogens is 1. The molecule has 28 heavy (non-hydrogen) atoms. The summed E-state index contributed by atoms with van der Waals surface area (Å²) in [7, 11) is 0. The van der Waals surface area contributed by atoms with Gasteiger partial charge in [0.25, 0.3) is 0 Å². The van der Waals surface area contributed by atoms with Crippen LogP contribution in [0.1, 0.15) is 37.6 Å². The quantitative estimate of drug-likeness (QED) is 0.367. The Balaban J connectivity index is 0.00000280. The van der Waals surface area contributed by atoms with Gasteiger partial charge in [-0.15, -0.1) is 24.0 Å². The fourth-order valence-electron chi connectivity index (χ4n) is 3.42. The summed E-state index contributed by atoms with van der Waals surface area (Å²) in [6.07, 6.45) is 2.93.